The molecule has 120 valence electrons. The maximum absolute atomic E-state index is 12.5. The quantitative estimate of drug-likeness (QED) is 0.594. The van der Waals surface area contributed by atoms with Crippen LogP contribution in [-0.4, -0.2) is 65.2 Å². The number of ether oxygens (including phenoxy) is 1. The Kier molecular flexibility index (Phi) is 6.10. The molecule has 1 fully saturated rings. The number of nitrogens with two attached hydrogens (primary N) is 1. The van der Waals surface area contributed by atoms with Crippen molar-refractivity contribution in [3.63, 3.8) is 0 Å². The number of rotatable bonds is 5. The Morgan fingerprint density at radius 3 is 2.33 bits per heavy atom. The third kappa shape index (κ3) is 4.15. The molecule has 0 aliphatic carbocycles. The van der Waals surface area contributed by atoms with Gasteiger partial charge in [-0.1, -0.05) is 0 Å². The standard InChI is InChI=1S/C13H23N3O5/c1-4-16(5-2)12(18)11-10(15-7(3)17)8(14)6-9(21-11)13(19)20/h8-11H,4-6,14H2,1-3H3,(H,15,17)(H,19,20)/t8-,9-,10+,11+/m1/s1. The van der Waals surface area contributed by atoms with Gasteiger partial charge in [-0.15, -0.1) is 0 Å². The molecule has 21 heavy (non-hydrogen) atoms. The van der Waals surface area contributed by atoms with Crippen LogP contribution in [0, 0.1) is 0 Å². The van der Waals surface area contributed by atoms with Crippen LogP contribution >= 0.6 is 0 Å². The second-order valence-corrected chi connectivity index (χ2v) is 5.02. The number of likely N-dealkylation sites (N-methyl/N-ethyl adjacent to an activating group) is 1. The summed E-state index contributed by atoms with van der Waals surface area (Å²) in [4.78, 5) is 36.4. The minimum absolute atomic E-state index is 0.0440. The van der Waals surface area contributed by atoms with Gasteiger partial charge >= 0.3 is 5.97 Å². The highest BCUT2D eigenvalue weighted by Crippen LogP contribution is 2.21. The number of nitrogens with zero attached hydrogens (tertiary/aromatic N) is 1. The van der Waals surface area contributed by atoms with E-state index >= 15 is 0 Å². The summed E-state index contributed by atoms with van der Waals surface area (Å²) in [7, 11) is 0. The normalized spacial score (nSPS) is 28.8. The van der Waals surface area contributed by atoms with Crippen LogP contribution in [0.5, 0.6) is 0 Å². The molecule has 1 heterocycles. The van der Waals surface area contributed by atoms with Crippen molar-refractivity contribution in [1.82, 2.24) is 10.2 Å². The third-order valence-corrected chi connectivity index (χ3v) is 3.55. The number of hydrogen-bond acceptors (Lipinski definition) is 5. The van der Waals surface area contributed by atoms with E-state index in [9.17, 15) is 14.4 Å². The molecule has 1 aliphatic rings. The highest BCUT2D eigenvalue weighted by atomic mass is 16.5. The number of carboxylic acids is 1. The molecule has 1 aliphatic heterocycles. The zero-order chi connectivity index (χ0) is 16.2. The number of carboxylic acid groups (broad SMARTS) is 1. The Balaban J connectivity index is 3.01. The average molecular weight is 301 g/mol. The topological polar surface area (TPSA) is 122 Å². The van der Waals surface area contributed by atoms with Crippen molar-refractivity contribution in [2.24, 2.45) is 5.73 Å². The van der Waals surface area contributed by atoms with Gasteiger partial charge in [0.2, 0.25) is 5.91 Å². The molecule has 0 saturated carbocycles. The Morgan fingerprint density at radius 1 is 1.33 bits per heavy atom. The van der Waals surface area contributed by atoms with Crippen LogP contribution in [0.1, 0.15) is 27.2 Å². The minimum Gasteiger partial charge on any atom is -0.479 e. The number of carbonyl (C=O) groups is 3. The smallest absolute Gasteiger partial charge is 0.332 e. The lowest BCUT2D eigenvalue weighted by Crippen LogP contribution is -2.65. The van der Waals surface area contributed by atoms with Crippen LogP contribution < -0.4 is 11.1 Å². The molecule has 0 spiro atoms. The van der Waals surface area contributed by atoms with Gasteiger partial charge in [0.05, 0.1) is 6.04 Å². The first-order valence-electron chi connectivity index (χ1n) is 7.01. The number of carbonyl (C=O) groups excluding carboxylic acids is 2. The van der Waals surface area contributed by atoms with Crippen LogP contribution in [-0.2, 0) is 19.1 Å². The fourth-order valence-electron chi connectivity index (χ4n) is 2.44. The number of aliphatic carboxylic acids is 1. The van der Waals surface area contributed by atoms with E-state index in [0.717, 1.165) is 0 Å². The van der Waals surface area contributed by atoms with Crippen LogP contribution in [0.25, 0.3) is 0 Å². The van der Waals surface area contributed by atoms with Gasteiger partial charge in [-0.3, -0.25) is 9.59 Å². The van der Waals surface area contributed by atoms with Gasteiger partial charge in [-0.2, -0.15) is 0 Å². The van der Waals surface area contributed by atoms with E-state index in [0.29, 0.717) is 13.1 Å². The van der Waals surface area contributed by atoms with E-state index in [2.05, 4.69) is 5.32 Å². The molecular formula is C13H23N3O5. The van der Waals surface area contributed by atoms with Gasteiger partial charge in [0, 0.05) is 32.5 Å². The van der Waals surface area contributed by atoms with Gasteiger partial charge < -0.3 is 25.8 Å². The SMILES string of the molecule is CCN(CC)C(=O)[C@H]1O[C@@H](C(=O)O)C[C@@H](N)[C@@H]1NC(C)=O. The molecule has 8 nitrogen and oxygen atoms in total. The van der Waals surface area contributed by atoms with Crippen molar-refractivity contribution < 1.29 is 24.2 Å². The van der Waals surface area contributed by atoms with Gasteiger partial charge in [0.25, 0.3) is 5.91 Å². The Labute approximate surface area is 123 Å². The lowest BCUT2D eigenvalue weighted by atomic mass is 9.92. The van der Waals surface area contributed by atoms with Gasteiger partial charge in [0.1, 0.15) is 0 Å². The van der Waals surface area contributed by atoms with E-state index in [4.69, 9.17) is 15.6 Å². The summed E-state index contributed by atoms with van der Waals surface area (Å²) in [5.41, 5.74) is 5.94. The second kappa shape index (κ2) is 7.37. The molecule has 0 bridgehead atoms. The number of nitrogens with one attached hydrogen (secondary N) is 1. The molecule has 0 radical (unpaired) electrons. The zero-order valence-corrected chi connectivity index (χ0v) is 12.5. The van der Waals surface area contributed by atoms with Crippen LogP contribution in [0.2, 0.25) is 0 Å². The molecule has 0 aromatic heterocycles. The van der Waals surface area contributed by atoms with Crippen molar-refractivity contribution in [3.8, 4) is 0 Å². The minimum atomic E-state index is -1.16. The molecule has 1 rings (SSSR count). The monoisotopic (exact) mass is 301 g/mol. The zero-order valence-electron chi connectivity index (χ0n) is 12.5. The van der Waals surface area contributed by atoms with Crippen molar-refractivity contribution in [1.29, 1.82) is 0 Å². The highest BCUT2D eigenvalue weighted by molar-refractivity contribution is 5.84. The first kappa shape index (κ1) is 17.4. The number of amides is 2. The molecule has 0 aromatic rings. The predicted octanol–water partition coefficient (Wildman–Crippen LogP) is -1.07. The van der Waals surface area contributed by atoms with Gasteiger partial charge in [0.15, 0.2) is 12.2 Å². The van der Waals surface area contributed by atoms with E-state index in [1.54, 1.807) is 0 Å². The molecule has 1 saturated heterocycles. The van der Waals surface area contributed by atoms with Gasteiger partial charge in [-0.05, 0) is 13.8 Å². The first-order valence-corrected chi connectivity index (χ1v) is 7.01. The van der Waals surface area contributed by atoms with E-state index < -0.39 is 30.3 Å². The Hall–Kier alpha value is -1.67. The molecular weight excluding hydrogens is 278 g/mol. The Morgan fingerprint density at radius 2 is 1.90 bits per heavy atom. The van der Waals surface area contributed by atoms with Crippen molar-refractivity contribution in [2.45, 2.75) is 51.5 Å². The maximum Gasteiger partial charge on any atom is 0.332 e. The molecule has 4 atom stereocenters. The summed E-state index contributed by atoms with van der Waals surface area (Å²) in [5, 5.41) is 11.7. The maximum atomic E-state index is 12.5. The summed E-state index contributed by atoms with van der Waals surface area (Å²) < 4.78 is 5.39. The number of hydrogen-bond donors (Lipinski definition) is 3. The summed E-state index contributed by atoms with van der Waals surface area (Å²) >= 11 is 0. The van der Waals surface area contributed by atoms with E-state index in [-0.39, 0.29) is 18.2 Å². The molecule has 4 N–H and O–H groups in total. The molecule has 2 amide bonds. The van der Waals surface area contributed by atoms with E-state index in [1.807, 2.05) is 13.8 Å². The highest BCUT2D eigenvalue weighted by Gasteiger charge is 2.44. The lowest BCUT2D eigenvalue weighted by molar-refractivity contribution is -0.172. The summed E-state index contributed by atoms with van der Waals surface area (Å²) in [6.45, 7) is 5.87. The largest absolute Gasteiger partial charge is 0.479 e. The second-order valence-electron chi connectivity index (χ2n) is 5.02. The molecule has 8 heteroatoms. The molecule has 0 aromatic carbocycles. The van der Waals surface area contributed by atoms with Crippen LogP contribution in [0.4, 0.5) is 0 Å². The third-order valence-electron chi connectivity index (χ3n) is 3.55. The van der Waals surface area contributed by atoms with Crippen molar-refractivity contribution in [2.75, 3.05) is 13.1 Å². The fourth-order valence-corrected chi connectivity index (χ4v) is 2.44. The van der Waals surface area contributed by atoms with Crippen molar-refractivity contribution >= 4 is 17.8 Å². The van der Waals surface area contributed by atoms with Crippen LogP contribution in [0.15, 0.2) is 0 Å². The summed E-state index contributed by atoms with van der Waals surface area (Å²) in [6.07, 6.45) is -2.18. The first-order chi connectivity index (χ1) is 9.81. The molecule has 0 unspecified atom stereocenters. The average Bonchev–Trinajstić information content (AvgIpc) is 2.41. The summed E-state index contributed by atoms with van der Waals surface area (Å²) in [5.74, 6) is -1.87. The van der Waals surface area contributed by atoms with Crippen LogP contribution in [0.3, 0.4) is 0 Å². The summed E-state index contributed by atoms with van der Waals surface area (Å²) in [6, 6.07) is -1.39. The van der Waals surface area contributed by atoms with E-state index in [1.165, 1.54) is 11.8 Å². The lowest BCUT2D eigenvalue weighted by Gasteiger charge is -2.40. The predicted molar refractivity (Wildman–Crippen MR) is 74.4 cm³/mol. The van der Waals surface area contributed by atoms with Crippen molar-refractivity contribution in [3.05, 3.63) is 0 Å². The Bertz CT molecular complexity index is 411. The van der Waals surface area contributed by atoms with Gasteiger partial charge in [-0.25, -0.2) is 4.79 Å². The fraction of sp³-hybridized carbons (Fsp3) is 0.769.